The highest BCUT2D eigenvalue weighted by atomic mass is 32.2. The number of benzene rings is 1. The molecular weight excluding hydrogens is 304 g/mol. The van der Waals surface area contributed by atoms with Gasteiger partial charge in [-0.05, 0) is 12.1 Å². The highest BCUT2D eigenvalue weighted by molar-refractivity contribution is 7.89. The quantitative estimate of drug-likeness (QED) is 0.848. The molecule has 1 amide bonds. The Bertz CT molecular complexity index is 799. The Morgan fingerprint density at radius 2 is 2.05 bits per heavy atom. The molecule has 0 bridgehead atoms. The normalized spacial score (nSPS) is 19.2. The topological polar surface area (TPSA) is 98.3 Å². The molecule has 22 heavy (non-hydrogen) atoms. The lowest BCUT2D eigenvalue weighted by Crippen LogP contribution is -2.30. The monoisotopic (exact) mass is 322 g/mol. The van der Waals surface area contributed by atoms with E-state index < -0.39 is 10.0 Å². The van der Waals surface area contributed by atoms with Crippen LogP contribution in [0.5, 0.6) is 0 Å². The zero-order chi connectivity index (χ0) is 15.7. The summed E-state index contributed by atoms with van der Waals surface area (Å²) in [6.07, 6.45) is 2.01. The van der Waals surface area contributed by atoms with Crippen LogP contribution in [-0.4, -0.2) is 47.6 Å². The second-order valence-corrected chi connectivity index (χ2v) is 7.33. The van der Waals surface area contributed by atoms with E-state index in [0.717, 1.165) is 11.0 Å². The highest BCUT2D eigenvalue weighted by Crippen LogP contribution is 2.19. The van der Waals surface area contributed by atoms with Crippen molar-refractivity contribution in [3.05, 3.63) is 30.6 Å². The fraction of sp³-hybridized carbons (Fsp3) is 0.429. The number of nitrogens with zero attached hydrogens (tertiary/aromatic N) is 3. The molecule has 1 aliphatic heterocycles. The van der Waals surface area contributed by atoms with E-state index in [0.29, 0.717) is 19.6 Å². The lowest BCUT2D eigenvalue weighted by atomic mass is 10.1. The lowest BCUT2D eigenvalue weighted by Gasteiger charge is -2.17. The maximum Gasteiger partial charge on any atom is 0.223 e. The number of para-hydroxylation sites is 2. The summed E-state index contributed by atoms with van der Waals surface area (Å²) in [7, 11) is -3.54. The molecule has 7 nitrogen and oxygen atoms in total. The van der Waals surface area contributed by atoms with Crippen molar-refractivity contribution >= 4 is 27.0 Å². The van der Waals surface area contributed by atoms with Crippen molar-refractivity contribution in [2.45, 2.75) is 13.0 Å². The van der Waals surface area contributed by atoms with Gasteiger partial charge in [0.2, 0.25) is 15.9 Å². The van der Waals surface area contributed by atoms with E-state index in [4.69, 9.17) is 5.14 Å². The van der Waals surface area contributed by atoms with Gasteiger partial charge in [0.1, 0.15) is 0 Å². The molecule has 0 radical (unpaired) electrons. The van der Waals surface area contributed by atoms with Gasteiger partial charge in [-0.1, -0.05) is 12.1 Å². The number of nitrogens with two attached hydrogens (primary N) is 1. The summed E-state index contributed by atoms with van der Waals surface area (Å²) in [5, 5.41) is 5.05. The van der Waals surface area contributed by atoms with E-state index in [9.17, 15) is 13.2 Å². The minimum absolute atomic E-state index is 0.0157. The Morgan fingerprint density at radius 1 is 1.27 bits per heavy atom. The molecule has 0 aliphatic carbocycles. The second-order valence-electron chi connectivity index (χ2n) is 5.67. The van der Waals surface area contributed by atoms with Crippen molar-refractivity contribution in [1.29, 1.82) is 0 Å². The first-order valence-electron chi connectivity index (χ1n) is 7.10. The van der Waals surface area contributed by atoms with E-state index in [-0.39, 0.29) is 24.0 Å². The number of sulfonamides is 1. The molecule has 1 fully saturated rings. The van der Waals surface area contributed by atoms with E-state index in [1.54, 1.807) is 11.2 Å². The largest absolute Gasteiger partial charge is 0.341 e. The van der Waals surface area contributed by atoms with Crippen LogP contribution < -0.4 is 5.14 Å². The van der Waals surface area contributed by atoms with Crippen molar-refractivity contribution < 1.29 is 13.2 Å². The molecule has 1 aromatic heterocycles. The first-order chi connectivity index (χ1) is 10.4. The summed E-state index contributed by atoms with van der Waals surface area (Å²) in [6.45, 7) is 1.62. The summed E-state index contributed by atoms with van der Waals surface area (Å²) in [6, 6.07) is 7.80. The number of rotatable bonds is 5. The van der Waals surface area contributed by atoms with Crippen LogP contribution in [0.15, 0.2) is 30.6 Å². The van der Waals surface area contributed by atoms with Crippen LogP contribution in [0.25, 0.3) is 11.0 Å². The summed E-state index contributed by atoms with van der Waals surface area (Å²) in [5.74, 6) is -0.358. The van der Waals surface area contributed by atoms with Gasteiger partial charge >= 0.3 is 0 Å². The number of aromatic nitrogens is 2. The van der Waals surface area contributed by atoms with Gasteiger partial charge in [-0.2, -0.15) is 0 Å². The van der Waals surface area contributed by atoms with Gasteiger partial charge in [0.05, 0.1) is 23.1 Å². The van der Waals surface area contributed by atoms with Gasteiger partial charge in [0, 0.05) is 32.0 Å². The Hall–Kier alpha value is -1.93. The van der Waals surface area contributed by atoms with Crippen LogP contribution in [-0.2, 0) is 21.4 Å². The minimum atomic E-state index is -3.54. The SMILES string of the molecule is NS(=O)(=O)CC1CC(=O)N(CCn2cnc3ccccc32)C1. The fourth-order valence-corrected chi connectivity index (χ4v) is 3.81. The van der Waals surface area contributed by atoms with Crippen molar-refractivity contribution in [2.75, 3.05) is 18.8 Å². The van der Waals surface area contributed by atoms with Crippen molar-refractivity contribution in [3.63, 3.8) is 0 Å². The molecule has 2 aromatic rings. The number of carbonyl (C=O) groups is 1. The van der Waals surface area contributed by atoms with Crippen LogP contribution in [0, 0.1) is 5.92 Å². The number of amides is 1. The number of primary sulfonamides is 1. The maximum atomic E-state index is 12.0. The molecule has 2 heterocycles. The maximum absolute atomic E-state index is 12.0. The van der Waals surface area contributed by atoms with E-state index in [1.165, 1.54) is 0 Å². The third-order valence-corrected chi connectivity index (χ3v) is 4.84. The summed E-state index contributed by atoms with van der Waals surface area (Å²) in [5.41, 5.74) is 1.94. The molecular formula is C14H18N4O3S. The predicted octanol–water partition coefficient (Wildman–Crippen LogP) is 0.173. The molecule has 1 unspecified atom stereocenters. The molecule has 1 saturated heterocycles. The molecule has 0 spiro atoms. The molecule has 2 N–H and O–H groups in total. The minimum Gasteiger partial charge on any atom is -0.341 e. The first-order valence-corrected chi connectivity index (χ1v) is 8.82. The number of imidazole rings is 1. The Balaban J connectivity index is 1.63. The van der Waals surface area contributed by atoms with Crippen LogP contribution in [0.1, 0.15) is 6.42 Å². The standard InChI is InChI=1S/C14H18N4O3S/c15-22(20,21)9-11-7-14(19)17(8-11)5-6-18-10-16-12-3-1-2-4-13(12)18/h1-4,10-11H,5-9H2,(H2,15,20,21). The van der Waals surface area contributed by atoms with Crippen molar-refractivity contribution in [1.82, 2.24) is 14.5 Å². The molecule has 8 heteroatoms. The summed E-state index contributed by atoms with van der Waals surface area (Å²) < 4.78 is 24.3. The van der Waals surface area contributed by atoms with Crippen molar-refractivity contribution in [2.24, 2.45) is 11.1 Å². The second kappa shape index (κ2) is 5.69. The van der Waals surface area contributed by atoms with Crippen molar-refractivity contribution in [3.8, 4) is 0 Å². The van der Waals surface area contributed by atoms with E-state index >= 15 is 0 Å². The highest BCUT2D eigenvalue weighted by Gasteiger charge is 2.31. The lowest BCUT2D eigenvalue weighted by molar-refractivity contribution is -0.127. The number of hydrogen-bond acceptors (Lipinski definition) is 4. The molecule has 0 saturated carbocycles. The first kappa shape index (κ1) is 15.0. The Morgan fingerprint density at radius 3 is 2.82 bits per heavy atom. The molecule has 1 aliphatic rings. The number of hydrogen-bond donors (Lipinski definition) is 1. The third kappa shape index (κ3) is 3.28. The smallest absolute Gasteiger partial charge is 0.223 e. The molecule has 1 aromatic carbocycles. The van der Waals surface area contributed by atoms with E-state index in [2.05, 4.69) is 4.98 Å². The zero-order valence-electron chi connectivity index (χ0n) is 12.1. The van der Waals surface area contributed by atoms with E-state index in [1.807, 2.05) is 28.8 Å². The molecule has 118 valence electrons. The summed E-state index contributed by atoms with van der Waals surface area (Å²) >= 11 is 0. The van der Waals surface area contributed by atoms with Crippen LogP contribution >= 0.6 is 0 Å². The Kier molecular flexibility index (Phi) is 3.88. The molecule has 1 atom stereocenters. The van der Waals surface area contributed by atoms with Gasteiger partial charge in [-0.25, -0.2) is 18.5 Å². The van der Waals surface area contributed by atoms with Crippen LogP contribution in [0.2, 0.25) is 0 Å². The summed E-state index contributed by atoms with van der Waals surface area (Å²) in [4.78, 5) is 18.0. The van der Waals surface area contributed by atoms with Gasteiger partial charge < -0.3 is 9.47 Å². The third-order valence-electron chi connectivity index (χ3n) is 3.90. The fourth-order valence-electron chi connectivity index (χ4n) is 2.93. The molecule has 3 rings (SSSR count). The van der Waals surface area contributed by atoms with Gasteiger partial charge in [0.25, 0.3) is 0 Å². The predicted molar refractivity (Wildman–Crippen MR) is 82.4 cm³/mol. The average molecular weight is 322 g/mol. The van der Waals surface area contributed by atoms with Gasteiger partial charge in [-0.3, -0.25) is 4.79 Å². The Labute approximate surface area is 128 Å². The average Bonchev–Trinajstić information content (AvgIpc) is 2.98. The van der Waals surface area contributed by atoms with Crippen LogP contribution in [0.4, 0.5) is 0 Å². The number of likely N-dealkylation sites (tertiary alicyclic amines) is 1. The van der Waals surface area contributed by atoms with Gasteiger partial charge in [-0.15, -0.1) is 0 Å². The number of fused-ring (bicyclic) bond motifs is 1. The van der Waals surface area contributed by atoms with Crippen LogP contribution in [0.3, 0.4) is 0 Å². The zero-order valence-corrected chi connectivity index (χ0v) is 12.9. The van der Waals surface area contributed by atoms with Gasteiger partial charge in [0.15, 0.2) is 0 Å². The number of carbonyl (C=O) groups excluding carboxylic acids is 1.